The molecule has 0 spiro atoms. The molecular weight excluding hydrogens is 406 g/mol. The van der Waals surface area contributed by atoms with Crippen molar-refractivity contribution >= 4 is 17.3 Å². The first-order valence-electron chi connectivity index (χ1n) is 11.4. The van der Waals surface area contributed by atoms with Crippen molar-refractivity contribution in [3.63, 3.8) is 0 Å². The maximum absolute atomic E-state index is 12.7. The van der Waals surface area contributed by atoms with Gasteiger partial charge < -0.3 is 15.5 Å². The van der Waals surface area contributed by atoms with E-state index in [0.29, 0.717) is 23.8 Å². The molecule has 0 bridgehead atoms. The van der Waals surface area contributed by atoms with Crippen molar-refractivity contribution in [2.24, 2.45) is 0 Å². The van der Waals surface area contributed by atoms with Crippen LogP contribution < -0.4 is 10.6 Å². The summed E-state index contributed by atoms with van der Waals surface area (Å²) >= 11 is 0. The molecule has 8 nitrogen and oxygen atoms in total. The molecule has 1 aliphatic carbocycles. The van der Waals surface area contributed by atoms with Gasteiger partial charge in [-0.05, 0) is 42.6 Å². The molecule has 1 saturated heterocycles. The molecule has 170 valence electrons. The fraction of sp³-hybridized carbons (Fsp3) is 0.458. The zero-order chi connectivity index (χ0) is 22.5. The molecule has 2 N–H and O–H groups in total. The summed E-state index contributed by atoms with van der Waals surface area (Å²) in [6.45, 7) is 8.78. The van der Waals surface area contributed by atoms with Gasteiger partial charge in [-0.1, -0.05) is 31.2 Å². The number of carbonyl (C=O) groups is 1. The van der Waals surface area contributed by atoms with Gasteiger partial charge in [-0.3, -0.25) is 19.8 Å². The first-order chi connectivity index (χ1) is 15.5. The van der Waals surface area contributed by atoms with E-state index in [2.05, 4.69) is 33.4 Å². The highest BCUT2D eigenvalue weighted by Gasteiger charge is 2.25. The Labute approximate surface area is 188 Å². The zero-order valence-corrected chi connectivity index (χ0v) is 18.5. The van der Waals surface area contributed by atoms with Crippen molar-refractivity contribution in [2.75, 3.05) is 38.0 Å². The van der Waals surface area contributed by atoms with Gasteiger partial charge in [0, 0.05) is 56.9 Å². The van der Waals surface area contributed by atoms with E-state index < -0.39 is 4.92 Å². The number of piperazine rings is 1. The average Bonchev–Trinajstić information content (AvgIpc) is 3.63. The maximum Gasteiger partial charge on any atom is 0.293 e. The SMILES string of the molecule is CCN1CCN(Cc2ccccc2CNC(=O)c2ccc(NC3CC3)c([N+](=O)[O-])c2)CC1. The minimum Gasteiger partial charge on any atom is -0.377 e. The van der Waals surface area contributed by atoms with Crippen LogP contribution in [-0.2, 0) is 13.1 Å². The lowest BCUT2D eigenvalue weighted by atomic mass is 10.1. The number of rotatable bonds is 9. The van der Waals surface area contributed by atoms with E-state index in [1.807, 2.05) is 18.2 Å². The van der Waals surface area contributed by atoms with Crippen LogP contribution in [0.5, 0.6) is 0 Å². The summed E-state index contributed by atoms with van der Waals surface area (Å²) in [6.07, 6.45) is 2.04. The Kier molecular flexibility index (Phi) is 7.02. The number of anilines is 1. The Morgan fingerprint density at radius 1 is 1.06 bits per heavy atom. The number of likely N-dealkylation sites (N-methyl/N-ethyl adjacent to an activating group) is 1. The summed E-state index contributed by atoms with van der Waals surface area (Å²) in [5.41, 5.74) is 2.98. The molecule has 2 aromatic rings. The fourth-order valence-electron chi connectivity index (χ4n) is 4.06. The molecule has 8 heteroatoms. The molecule has 0 atom stereocenters. The Balaban J connectivity index is 1.39. The first kappa shape index (κ1) is 22.2. The number of nitrogens with one attached hydrogen (secondary N) is 2. The smallest absolute Gasteiger partial charge is 0.293 e. The number of hydrogen-bond acceptors (Lipinski definition) is 6. The quantitative estimate of drug-likeness (QED) is 0.462. The molecule has 1 saturated carbocycles. The lowest BCUT2D eigenvalue weighted by Crippen LogP contribution is -2.45. The monoisotopic (exact) mass is 437 g/mol. The van der Waals surface area contributed by atoms with Gasteiger partial charge >= 0.3 is 0 Å². The number of nitrogens with zero attached hydrogens (tertiary/aromatic N) is 3. The van der Waals surface area contributed by atoms with Crippen LogP contribution in [0.25, 0.3) is 0 Å². The van der Waals surface area contributed by atoms with E-state index in [1.165, 1.54) is 11.6 Å². The highest BCUT2D eigenvalue weighted by atomic mass is 16.6. The van der Waals surface area contributed by atoms with Gasteiger partial charge in [-0.25, -0.2) is 0 Å². The van der Waals surface area contributed by atoms with E-state index in [9.17, 15) is 14.9 Å². The van der Waals surface area contributed by atoms with Gasteiger partial charge in [0.15, 0.2) is 0 Å². The van der Waals surface area contributed by atoms with Crippen molar-refractivity contribution in [3.05, 3.63) is 69.3 Å². The van der Waals surface area contributed by atoms with Crippen molar-refractivity contribution in [1.82, 2.24) is 15.1 Å². The second-order valence-corrected chi connectivity index (χ2v) is 8.57. The topological polar surface area (TPSA) is 90.8 Å². The van der Waals surface area contributed by atoms with Crippen molar-refractivity contribution < 1.29 is 9.72 Å². The van der Waals surface area contributed by atoms with Crippen LogP contribution in [0.4, 0.5) is 11.4 Å². The van der Waals surface area contributed by atoms with E-state index in [1.54, 1.807) is 12.1 Å². The minimum atomic E-state index is -0.435. The molecule has 0 unspecified atom stereocenters. The highest BCUT2D eigenvalue weighted by Crippen LogP contribution is 2.31. The van der Waals surface area contributed by atoms with E-state index in [0.717, 1.165) is 57.7 Å². The lowest BCUT2D eigenvalue weighted by molar-refractivity contribution is -0.384. The third kappa shape index (κ3) is 5.63. The Bertz CT molecular complexity index is 968. The molecular formula is C24H31N5O3. The predicted molar refractivity (Wildman–Crippen MR) is 125 cm³/mol. The molecule has 32 heavy (non-hydrogen) atoms. The lowest BCUT2D eigenvalue weighted by Gasteiger charge is -2.34. The summed E-state index contributed by atoms with van der Waals surface area (Å²) in [7, 11) is 0. The number of nitro benzene ring substituents is 1. The number of carbonyl (C=O) groups excluding carboxylic acids is 1. The van der Waals surface area contributed by atoms with Crippen LogP contribution in [0, 0.1) is 10.1 Å². The Morgan fingerprint density at radius 3 is 2.41 bits per heavy atom. The number of amides is 1. The predicted octanol–water partition coefficient (Wildman–Crippen LogP) is 3.24. The van der Waals surface area contributed by atoms with Gasteiger partial charge in [-0.15, -0.1) is 0 Å². The summed E-state index contributed by atoms with van der Waals surface area (Å²) in [4.78, 5) is 28.7. The standard InChI is InChI=1S/C24H31N5O3/c1-2-27-11-13-28(14-12-27)17-20-6-4-3-5-19(20)16-25-24(30)18-7-10-22(26-21-8-9-21)23(15-18)29(31)32/h3-7,10,15,21,26H,2,8-9,11-14,16-17H2,1H3,(H,25,30). The number of hydrogen-bond donors (Lipinski definition) is 2. The second-order valence-electron chi connectivity index (χ2n) is 8.57. The van der Waals surface area contributed by atoms with Crippen LogP contribution in [0.3, 0.4) is 0 Å². The van der Waals surface area contributed by atoms with E-state index >= 15 is 0 Å². The largest absolute Gasteiger partial charge is 0.377 e. The van der Waals surface area contributed by atoms with Crippen LogP contribution in [0.2, 0.25) is 0 Å². The zero-order valence-electron chi connectivity index (χ0n) is 18.5. The number of benzene rings is 2. The van der Waals surface area contributed by atoms with Crippen LogP contribution in [0.1, 0.15) is 41.3 Å². The summed E-state index contributed by atoms with van der Waals surface area (Å²) in [5, 5.41) is 17.6. The molecule has 2 fully saturated rings. The molecule has 0 aromatic heterocycles. The average molecular weight is 438 g/mol. The van der Waals surface area contributed by atoms with Gasteiger partial charge in [0.05, 0.1) is 4.92 Å². The molecule has 2 aliphatic rings. The second kappa shape index (κ2) is 10.1. The van der Waals surface area contributed by atoms with Crippen molar-refractivity contribution in [1.29, 1.82) is 0 Å². The van der Waals surface area contributed by atoms with E-state index in [-0.39, 0.29) is 11.6 Å². The van der Waals surface area contributed by atoms with Crippen LogP contribution >= 0.6 is 0 Å². The molecule has 0 radical (unpaired) electrons. The van der Waals surface area contributed by atoms with Crippen molar-refractivity contribution in [3.8, 4) is 0 Å². The van der Waals surface area contributed by atoms with Crippen LogP contribution in [-0.4, -0.2) is 59.4 Å². The third-order valence-electron chi connectivity index (χ3n) is 6.26. The Hall–Kier alpha value is -2.97. The maximum atomic E-state index is 12.7. The van der Waals surface area contributed by atoms with Gasteiger partial charge in [0.1, 0.15) is 5.69 Å². The third-order valence-corrected chi connectivity index (χ3v) is 6.26. The Morgan fingerprint density at radius 2 is 1.75 bits per heavy atom. The fourth-order valence-corrected chi connectivity index (χ4v) is 4.06. The summed E-state index contributed by atoms with van der Waals surface area (Å²) in [5.74, 6) is -0.308. The minimum absolute atomic E-state index is 0.0591. The van der Waals surface area contributed by atoms with Gasteiger partial charge in [-0.2, -0.15) is 0 Å². The normalized spacial score (nSPS) is 17.2. The molecule has 1 amide bonds. The first-order valence-corrected chi connectivity index (χ1v) is 11.4. The van der Waals surface area contributed by atoms with Gasteiger partial charge in [0.2, 0.25) is 0 Å². The van der Waals surface area contributed by atoms with Gasteiger partial charge in [0.25, 0.3) is 11.6 Å². The molecule has 1 heterocycles. The van der Waals surface area contributed by atoms with E-state index in [4.69, 9.17) is 0 Å². The van der Waals surface area contributed by atoms with Crippen LogP contribution in [0.15, 0.2) is 42.5 Å². The molecule has 4 rings (SSSR count). The molecule has 1 aliphatic heterocycles. The summed E-state index contributed by atoms with van der Waals surface area (Å²) < 4.78 is 0. The summed E-state index contributed by atoms with van der Waals surface area (Å²) in [6, 6.07) is 13.1. The molecule has 2 aromatic carbocycles. The highest BCUT2D eigenvalue weighted by molar-refractivity contribution is 5.95. The number of nitro groups is 1. The van der Waals surface area contributed by atoms with Crippen molar-refractivity contribution in [2.45, 2.75) is 38.9 Å².